The lowest BCUT2D eigenvalue weighted by molar-refractivity contribution is -0.146. The summed E-state index contributed by atoms with van der Waals surface area (Å²) in [5.74, 6) is -1.05. The van der Waals surface area contributed by atoms with Gasteiger partial charge in [-0.1, -0.05) is 29.8 Å². The van der Waals surface area contributed by atoms with Crippen LogP contribution in [0, 0.1) is 12.8 Å². The van der Waals surface area contributed by atoms with Crippen molar-refractivity contribution >= 4 is 11.9 Å². The van der Waals surface area contributed by atoms with Crippen LogP contribution in [0.1, 0.15) is 23.6 Å². The summed E-state index contributed by atoms with van der Waals surface area (Å²) in [4.78, 5) is 23.6. The summed E-state index contributed by atoms with van der Waals surface area (Å²) in [5, 5.41) is 3.18. The predicted molar refractivity (Wildman–Crippen MR) is 73.0 cm³/mol. The van der Waals surface area contributed by atoms with Gasteiger partial charge in [0.05, 0.1) is 20.1 Å². The van der Waals surface area contributed by atoms with E-state index in [1.807, 2.05) is 31.2 Å². The van der Waals surface area contributed by atoms with E-state index in [2.05, 4.69) is 5.32 Å². The van der Waals surface area contributed by atoms with Gasteiger partial charge in [-0.05, 0) is 18.9 Å². The standard InChI is InChI=1S/C15H19NO4/c1-9-5-4-6-10(7-9)13-11(14(17)19-2)8-12(16-13)15(18)20-3/h4-7,11-13,16H,8H2,1-3H3/t11-,12-,13-/m0/s1. The van der Waals surface area contributed by atoms with Crippen molar-refractivity contribution in [2.45, 2.75) is 25.4 Å². The summed E-state index contributed by atoms with van der Waals surface area (Å²) in [6, 6.07) is 7.17. The molecule has 5 heteroatoms. The number of carbonyl (C=O) groups excluding carboxylic acids is 2. The van der Waals surface area contributed by atoms with Crippen LogP contribution in [0.4, 0.5) is 0 Å². The third-order valence-corrected chi connectivity index (χ3v) is 3.66. The second kappa shape index (κ2) is 6.05. The molecule has 0 saturated carbocycles. The molecule has 1 heterocycles. The Labute approximate surface area is 118 Å². The molecule has 1 aromatic rings. The van der Waals surface area contributed by atoms with Crippen molar-refractivity contribution in [2.24, 2.45) is 5.92 Å². The molecule has 108 valence electrons. The molecule has 20 heavy (non-hydrogen) atoms. The first kappa shape index (κ1) is 14.5. The average Bonchev–Trinajstić information content (AvgIpc) is 2.90. The second-order valence-electron chi connectivity index (χ2n) is 5.00. The molecular formula is C15H19NO4. The first-order valence-corrected chi connectivity index (χ1v) is 6.55. The summed E-state index contributed by atoms with van der Waals surface area (Å²) >= 11 is 0. The van der Waals surface area contributed by atoms with Gasteiger partial charge in [0.15, 0.2) is 0 Å². The minimum atomic E-state index is -0.477. The van der Waals surface area contributed by atoms with Gasteiger partial charge in [0.1, 0.15) is 6.04 Å². The van der Waals surface area contributed by atoms with Crippen LogP contribution in [0.3, 0.4) is 0 Å². The van der Waals surface area contributed by atoms with Gasteiger partial charge < -0.3 is 9.47 Å². The summed E-state index contributed by atoms with van der Waals surface area (Å²) in [5.41, 5.74) is 2.08. The van der Waals surface area contributed by atoms with E-state index >= 15 is 0 Å². The molecule has 0 radical (unpaired) electrons. The van der Waals surface area contributed by atoms with Crippen LogP contribution < -0.4 is 5.32 Å². The molecule has 0 unspecified atom stereocenters. The Morgan fingerprint density at radius 2 is 1.90 bits per heavy atom. The van der Waals surface area contributed by atoms with Crippen molar-refractivity contribution in [1.29, 1.82) is 0 Å². The van der Waals surface area contributed by atoms with Crippen molar-refractivity contribution in [2.75, 3.05) is 14.2 Å². The fourth-order valence-electron chi connectivity index (χ4n) is 2.67. The number of hydrogen-bond acceptors (Lipinski definition) is 5. The fraction of sp³-hybridized carbons (Fsp3) is 0.467. The predicted octanol–water partition coefficient (Wildman–Crippen LogP) is 1.36. The van der Waals surface area contributed by atoms with Gasteiger partial charge in [-0.2, -0.15) is 0 Å². The van der Waals surface area contributed by atoms with E-state index in [4.69, 9.17) is 9.47 Å². The highest BCUT2D eigenvalue weighted by Crippen LogP contribution is 2.34. The SMILES string of the molecule is COC(=O)[C@@H]1C[C@H](C(=O)OC)[C@H](c2cccc(C)c2)N1. The molecule has 1 aliphatic heterocycles. The molecule has 0 bridgehead atoms. The lowest BCUT2D eigenvalue weighted by Gasteiger charge is -2.18. The Balaban J connectivity index is 2.28. The molecule has 1 fully saturated rings. The topological polar surface area (TPSA) is 64.6 Å². The molecule has 0 spiro atoms. The summed E-state index contributed by atoms with van der Waals surface area (Å²) < 4.78 is 9.60. The monoisotopic (exact) mass is 277 g/mol. The van der Waals surface area contributed by atoms with E-state index in [-0.39, 0.29) is 23.9 Å². The van der Waals surface area contributed by atoms with E-state index in [9.17, 15) is 9.59 Å². The van der Waals surface area contributed by atoms with Gasteiger partial charge in [-0.15, -0.1) is 0 Å². The van der Waals surface area contributed by atoms with E-state index in [1.165, 1.54) is 14.2 Å². The maximum atomic E-state index is 11.9. The minimum Gasteiger partial charge on any atom is -0.469 e. The molecule has 2 rings (SSSR count). The molecular weight excluding hydrogens is 258 g/mol. The first-order valence-electron chi connectivity index (χ1n) is 6.55. The smallest absolute Gasteiger partial charge is 0.322 e. The Bertz CT molecular complexity index is 514. The molecule has 1 aliphatic rings. The van der Waals surface area contributed by atoms with Gasteiger partial charge in [0.2, 0.25) is 0 Å². The van der Waals surface area contributed by atoms with Crippen LogP contribution in [-0.2, 0) is 19.1 Å². The lowest BCUT2D eigenvalue weighted by atomic mass is 9.93. The number of nitrogens with one attached hydrogen (secondary N) is 1. The highest BCUT2D eigenvalue weighted by atomic mass is 16.5. The van der Waals surface area contributed by atoms with Crippen molar-refractivity contribution in [3.05, 3.63) is 35.4 Å². The summed E-state index contributed by atoms with van der Waals surface area (Å²) in [6.07, 6.45) is 0.387. The van der Waals surface area contributed by atoms with Crippen LogP contribution in [0.2, 0.25) is 0 Å². The van der Waals surface area contributed by atoms with Crippen molar-refractivity contribution in [1.82, 2.24) is 5.32 Å². The molecule has 3 atom stereocenters. The maximum absolute atomic E-state index is 11.9. The van der Waals surface area contributed by atoms with Gasteiger partial charge >= 0.3 is 11.9 Å². The number of rotatable bonds is 3. The zero-order valence-electron chi connectivity index (χ0n) is 11.9. The molecule has 1 saturated heterocycles. The van der Waals surface area contributed by atoms with Gasteiger partial charge in [-0.25, -0.2) is 0 Å². The lowest BCUT2D eigenvalue weighted by Crippen LogP contribution is -2.33. The van der Waals surface area contributed by atoms with Crippen LogP contribution in [0.15, 0.2) is 24.3 Å². The van der Waals surface area contributed by atoms with Crippen molar-refractivity contribution < 1.29 is 19.1 Å². The quantitative estimate of drug-likeness (QED) is 0.845. The zero-order valence-corrected chi connectivity index (χ0v) is 11.9. The Morgan fingerprint density at radius 1 is 1.20 bits per heavy atom. The molecule has 1 N–H and O–H groups in total. The van der Waals surface area contributed by atoms with Crippen molar-refractivity contribution in [3.63, 3.8) is 0 Å². The number of ether oxygens (including phenoxy) is 2. The van der Waals surface area contributed by atoms with Crippen LogP contribution in [-0.4, -0.2) is 32.2 Å². The van der Waals surface area contributed by atoms with Crippen LogP contribution in [0.25, 0.3) is 0 Å². The third-order valence-electron chi connectivity index (χ3n) is 3.66. The number of carbonyl (C=O) groups is 2. The van der Waals surface area contributed by atoms with Crippen LogP contribution in [0.5, 0.6) is 0 Å². The molecule has 0 aromatic heterocycles. The normalized spacial score (nSPS) is 25.2. The Kier molecular flexibility index (Phi) is 4.39. The average molecular weight is 277 g/mol. The number of hydrogen-bond donors (Lipinski definition) is 1. The van der Waals surface area contributed by atoms with E-state index in [0.29, 0.717) is 6.42 Å². The fourth-order valence-corrected chi connectivity index (χ4v) is 2.67. The van der Waals surface area contributed by atoms with E-state index < -0.39 is 6.04 Å². The summed E-state index contributed by atoms with van der Waals surface area (Å²) in [7, 11) is 2.71. The van der Waals surface area contributed by atoms with E-state index in [0.717, 1.165) is 11.1 Å². The first-order chi connectivity index (χ1) is 9.56. The third kappa shape index (κ3) is 2.82. The minimum absolute atomic E-state index is 0.230. The number of aryl methyl sites for hydroxylation is 1. The molecule has 0 aliphatic carbocycles. The largest absolute Gasteiger partial charge is 0.469 e. The van der Waals surface area contributed by atoms with Gasteiger partial charge in [0, 0.05) is 6.04 Å². The molecule has 1 aromatic carbocycles. The molecule has 0 amide bonds. The number of methoxy groups -OCH3 is 2. The van der Waals surface area contributed by atoms with E-state index in [1.54, 1.807) is 0 Å². The maximum Gasteiger partial charge on any atom is 0.322 e. The Morgan fingerprint density at radius 3 is 2.50 bits per heavy atom. The van der Waals surface area contributed by atoms with Crippen molar-refractivity contribution in [3.8, 4) is 0 Å². The Hall–Kier alpha value is -1.88. The summed E-state index contributed by atoms with van der Waals surface area (Å²) in [6.45, 7) is 1.99. The highest BCUT2D eigenvalue weighted by Gasteiger charge is 2.43. The molecule has 5 nitrogen and oxygen atoms in total. The second-order valence-corrected chi connectivity index (χ2v) is 5.00. The van der Waals surface area contributed by atoms with Crippen LogP contribution >= 0.6 is 0 Å². The highest BCUT2D eigenvalue weighted by molar-refractivity contribution is 5.80. The zero-order chi connectivity index (χ0) is 14.7. The van der Waals surface area contributed by atoms with Gasteiger partial charge in [0.25, 0.3) is 0 Å². The number of benzene rings is 1. The van der Waals surface area contributed by atoms with Gasteiger partial charge in [-0.3, -0.25) is 14.9 Å². The number of esters is 2.